The van der Waals surface area contributed by atoms with Crippen LogP contribution in [0.25, 0.3) is 0 Å². The SMILES string of the molecule is Cc1cc(C(=O)O[C@@H](C)C(=O)N2CCN(S(=O)(=O)c3ccccc3)CC2)on1. The molecule has 3 rings (SSSR count). The molecule has 1 aromatic carbocycles. The van der Waals surface area contributed by atoms with Crippen LogP contribution in [0.15, 0.2) is 45.8 Å². The largest absolute Gasteiger partial charge is 0.447 e. The van der Waals surface area contributed by atoms with Crippen LogP contribution in [0, 0.1) is 6.92 Å². The third-order valence-electron chi connectivity index (χ3n) is 4.39. The van der Waals surface area contributed by atoms with Crippen molar-refractivity contribution in [2.75, 3.05) is 26.2 Å². The summed E-state index contributed by atoms with van der Waals surface area (Å²) in [6.07, 6.45) is -1.02. The number of aryl methyl sites for hydroxylation is 1. The van der Waals surface area contributed by atoms with E-state index in [9.17, 15) is 18.0 Å². The number of ether oxygens (including phenoxy) is 1. The molecule has 0 N–H and O–H groups in total. The molecule has 1 aliphatic rings. The van der Waals surface area contributed by atoms with Gasteiger partial charge in [-0.25, -0.2) is 13.2 Å². The highest BCUT2D eigenvalue weighted by molar-refractivity contribution is 7.89. The summed E-state index contributed by atoms with van der Waals surface area (Å²) < 4.78 is 36.6. The van der Waals surface area contributed by atoms with E-state index in [2.05, 4.69) is 5.16 Å². The van der Waals surface area contributed by atoms with Gasteiger partial charge in [-0.1, -0.05) is 23.4 Å². The summed E-state index contributed by atoms with van der Waals surface area (Å²) in [4.78, 5) is 26.2. The molecule has 0 saturated carbocycles. The van der Waals surface area contributed by atoms with E-state index < -0.39 is 22.1 Å². The van der Waals surface area contributed by atoms with Crippen LogP contribution in [0.2, 0.25) is 0 Å². The molecule has 28 heavy (non-hydrogen) atoms. The van der Waals surface area contributed by atoms with E-state index in [1.165, 1.54) is 22.2 Å². The Labute approximate surface area is 162 Å². The maximum Gasteiger partial charge on any atom is 0.377 e. The lowest BCUT2D eigenvalue weighted by atomic mass is 10.3. The molecule has 0 aliphatic carbocycles. The second-order valence-corrected chi connectivity index (χ2v) is 8.36. The smallest absolute Gasteiger partial charge is 0.377 e. The Morgan fingerprint density at radius 1 is 1.14 bits per heavy atom. The molecule has 2 aromatic rings. The summed E-state index contributed by atoms with van der Waals surface area (Å²) in [5, 5.41) is 3.60. The standard InChI is InChI=1S/C18H21N3O6S/c1-13-12-16(27-19-13)18(23)26-14(2)17(22)20-8-10-21(11-9-20)28(24,25)15-6-4-3-5-7-15/h3-7,12,14H,8-11H2,1-2H3/t14-/m0/s1. The average molecular weight is 407 g/mol. The van der Waals surface area contributed by atoms with E-state index in [0.29, 0.717) is 5.69 Å². The fourth-order valence-corrected chi connectivity index (χ4v) is 4.32. The molecule has 9 nitrogen and oxygen atoms in total. The normalized spacial score (nSPS) is 16.6. The lowest BCUT2D eigenvalue weighted by molar-refractivity contribution is -0.141. The predicted molar refractivity (Wildman–Crippen MR) is 97.9 cm³/mol. The zero-order valence-corrected chi connectivity index (χ0v) is 16.4. The lowest BCUT2D eigenvalue weighted by Gasteiger charge is -2.35. The van der Waals surface area contributed by atoms with Crippen LogP contribution in [0.1, 0.15) is 23.2 Å². The number of rotatable bonds is 5. The van der Waals surface area contributed by atoms with Gasteiger partial charge in [0.1, 0.15) is 0 Å². The summed E-state index contributed by atoms with van der Waals surface area (Å²) in [5.41, 5.74) is 0.529. The van der Waals surface area contributed by atoms with Crippen molar-refractivity contribution >= 4 is 21.9 Å². The first-order valence-corrected chi connectivity index (χ1v) is 10.2. The van der Waals surface area contributed by atoms with Crippen molar-refractivity contribution in [2.45, 2.75) is 24.8 Å². The van der Waals surface area contributed by atoms with Crippen molar-refractivity contribution in [3.05, 3.63) is 47.9 Å². The molecular weight excluding hydrogens is 386 g/mol. The molecule has 1 saturated heterocycles. The van der Waals surface area contributed by atoms with E-state index in [1.807, 2.05) is 0 Å². The molecule has 1 fully saturated rings. The van der Waals surface area contributed by atoms with Gasteiger partial charge in [-0.05, 0) is 26.0 Å². The number of hydrogen-bond donors (Lipinski definition) is 0. The summed E-state index contributed by atoms with van der Waals surface area (Å²) in [7, 11) is -3.59. The third kappa shape index (κ3) is 4.23. The van der Waals surface area contributed by atoms with Gasteiger partial charge < -0.3 is 14.2 Å². The molecule has 150 valence electrons. The Kier molecular flexibility index (Phi) is 5.80. The van der Waals surface area contributed by atoms with Crippen LogP contribution in [-0.2, 0) is 19.6 Å². The second kappa shape index (κ2) is 8.11. The molecule has 1 aliphatic heterocycles. The first-order chi connectivity index (χ1) is 13.3. The van der Waals surface area contributed by atoms with E-state index in [-0.39, 0.29) is 42.7 Å². The number of amides is 1. The number of piperazine rings is 1. The van der Waals surface area contributed by atoms with Gasteiger partial charge in [0.15, 0.2) is 6.10 Å². The van der Waals surface area contributed by atoms with Gasteiger partial charge >= 0.3 is 5.97 Å². The molecule has 1 aromatic heterocycles. The molecule has 0 spiro atoms. The molecular formula is C18H21N3O6S. The molecule has 0 unspecified atom stereocenters. The van der Waals surface area contributed by atoms with Crippen LogP contribution in [-0.4, -0.2) is 66.9 Å². The Morgan fingerprint density at radius 2 is 1.79 bits per heavy atom. The summed E-state index contributed by atoms with van der Waals surface area (Å²) in [6, 6.07) is 9.59. The van der Waals surface area contributed by atoms with Crippen LogP contribution >= 0.6 is 0 Å². The fourth-order valence-electron chi connectivity index (χ4n) is 2.88. The van der Waals surface area contributed by atoms with Crippen LogP contribution < -0.4 is 0 Å². The third-order valence-corrected chi connectivity index (χ3v) is 6.30. The number of sulfonamides is 1. The highest BCUT2D eigenvalue weighted by atomic mass is 32.2. The maximum atomic E-state index is 12.6. The van der Waals surface area contributed by atoms with Gasteiger partial charge in [0.2, 0.25) is 15.8 Å². The van der Waals surface area contributed by atoms with Crippen molar-refractivity contribution in [1.29, 1.82) is 0 Å². The lowest BCUT2D eigenvalue weighted by Crippen LogP contribution is -2.52. The van der Waals surface area contributed by atoms with Gasteiger partial charge in [0, 0.05) is 32.2 Å². The Hall–Kier alpha value is -2.72. The van der Waals surface area contributed by atoms with E-state index >= 15 is 0 Å². The zero-order chi connectivity index (χ0) is 20.3. The van der Waals surface area contributed by atoms with Crippen molar-refractivity contribution < 1.29 is 27.3 Å². The van der Waals surface area contributed by atoms with E-state index in [0.717, 1.165) is 0 Å². The quantitative estimate of drug-likeness (QED) is 0.682. The minimum Gasteiger partial charge on any atom is -0.447 e. The molecule has 10 heteroatoms. The molecule has 0 bridgehead atoms. The molecule has 2 heterocycles. The van der Waals surface area contributed by atoms with Crippen molar-refractivity contribution in [1.82, 2.24) is 14.4 Å². The zero-order valence-electron chi connectivity index (χ0n) is 15.6. The van der Waals surface area contributed by atoms with Crippen LogP contribution in [0.4, 0.5) is 0 Å². The number of esters is 1. The predicted octanol–water partition coefficient (Wildman–Crippen LogP) is 1.06. The highest BCUT2D eigenvalue weighted by Crippen LogP contribution is 2.18. The minimum atomic E-state index is -3.59. The van der Waals surface area contributed by atoms with Crippen LogP contribution in [0.3, 0.4) is 0 Å². The number of hydrogen-bond acceptors (Lipinski definition) is 7. The Morgan fingerprint density at radius 3 is 2.36 bits per heavy atom. The Balaban J connectivity index is 1.57. The Bertz CT molecular complexity index is 949. The van der Waals surface area contributed by atoms with Gasteiger partial charge in [0.25, 0.3) is 5.91 Å². The number of aromatic nitrogens is 1. The van der Waals surface area contributed by atoms with E-state index in [1.54, 1.807) is 37.3 Å². The van der Waals surface area contributed by atoms with Gasteiger partial charge in [0.05, 0.1) is 10.6 Å². The van der Waals surface area contributed by atoms with Crippen molar-refractivity contribution in [2.24, 2.45) is 0 Å². The topological polar surface area (TPSA) is 110 Å². The summed E-state index contributed by atoms with van der Waals surface area (Å²) in [6.45, 7) is 3.91. The van der Waals surface area contributed by atoms with Gasteiger partial charge in [-0.15, -0.1) is 0 Å². The number of carbonyl (C=O) groups excluding carboxylic acids is 2. The monoisotopic (exact) mass is 407 g/mol. The molecule has 1 atom stereocenters. The van der Waals surface area contributed by atoms with Gasteiger partial charge in [-0.2, -0.15) is 4.31 Å². The number of benzene rings is 1. The average Bonchev–Trinajstić information content (AvgIpc) is 3.14. The number of carbonyl (C=O) groups is 2. The maximum absolute atomic E-state index is 12.6. The first kappa shape index (κ1) is 20.0. The second-order valence-electron chi connectivity index (χ2n) is 6.42. The number of nitrogens with zero attached hydrogens (tertiary/aromatic N) is 3. The molecule has 0 radical (unpaired) electrons. The minimum absolute atomic E-state index is 0.0732. The molecule has 1 amide bonds. The first-order valence-electron chi connectivity index (χ1n) is 8.77. The van der Waals surface area contributed by atoms with Crippen molar-refractivity contribution in [3.63, 3.8) is 0 Å². The highest BCUT2D eigenvalue weighted by Gasteiger charge is 2.32. The van der Waals surface area contributed by atoms with E-state index in [4.69, 9.17) is 9.26 Å². The summed E-state index contributed by atoms with van der Waals surface area (Å²) >= 11 is 0. The van der Waals surface area contributed by atoms with Crippen LogP contribution in [0.5, 0.6) is 0 Å². The van der Waals surface area contributed by atoms with Gasteiger partial charge in [-0.3, -0.25) is 4.79 Å². The van der Waals surface area contributed by atoms with Crippen molar-refractivity contribution in [3.8, 4) is 0 Å². The summed E-state index contributed by atoms with van der Waals surface area (Å²) in [5.74, 6) is -1.23. The fraction of sp³-hybridized carbons (Fsp3) is 0.389.